The third-order valence-corrected chi connectivity index (χ3v) is 5.25. The van der Waals surface area contributed by atoms with Crippen LogP contribution in [0.25, 0.3) is 0 Å². The number of hydrogen-bond donors (Lipinski definition) is 2. The Bertz CT molecular complexity index is 971. The lowest BCUT2D eigenvalue weighted by Crippen LogP contribution is -2.38. The highest BCUT2D eigenvalue weighted by atomic mass is 35.5. The minimum Gasteiger partial charge on any atom is -0.497 e. The van der Waals surface area contributed by atoms with Gasteiger partial charge in [-0.2, -0.15) is 0 Å². The molecule has 0 unspecified atom stereocenters. The van der Waals surface area contributed by atoms with Crippen molar-refractivity contribution >= 4 is 17.6 Å². The molecule has 0 atom stereocenters. The maximum atomic E-state index is 6.34. The zero-order chi connectivity index (χ0) is 21.9. The number of aromatic nitrogens is 2. The second kappa shape index (κ2) is 12.0. The molecule has 0 aliphatic carbocycles. The first-order chi connectivity index (χ1) is 15.2. The molecule has 0 aliphatic heterocycles. The van der Waals surface area contributed by atoms with E-state index in [9.17, 15) is 0 Å². The van der Waals surface area contributed by atoms with E-state index >= 15 is 0 Å². The highest BCUT2D eigenvalue weighted by Gasteiger charge is 2.05. The second-order valence-electron chi connectivity index (χ2n) is 7.10. The molecule has 0 saturated carbocycles. The maximum Gasteiger partial charge on any atom is 0.191 e. The molecule has 0 bridgehead atoms. The molecule has 0 fully saturated rings. The molecular weight excluding hydrogens is 410 g/mol. The van der Waals surface area contributed by atoms with Crippen LogP contribution in [0.2, 0.25) is 5.02 Å². The molecule has 6 nitrogen and oxygen atoms in total. The lowest BCUT2D eigenvalue weighted by molar-refractivity contribution is 0.414. The number of nitrogens with zero attached hydrogens (tertiary/aromatic N) is 3. The highest BCUT2D eigenvalue weighted by molar-refractivity contribution is 6.31. The number of halogens is 1. The van der Waals surface area contributed by atoms with E-state index in [4.69, 9.17) is 21.3 Å². The summed E-state index contributed by atoms with van der Waals surface area (Å²) in [7, 11) is 1.64. The van der Waals surface area contributed by atoms with Crippen LogP contribution in [0.5, 0.6) is 5.75 Å². The normalized spacial score (nSPS) is 11.4. The van der Waals surface area contributed by atoms with Crippen LogP contribution in [0.15, 0.2) is 65.9 Å². The topological polar surface area (TPSA) is 63.5 Å². The molecule has 0 amide bonds. The molecule has 31 heavy (non-hydrogen) atoms. The van der Waals surface area contributed by atoms with Gasteiger partial charge in [0.25, 0.3) is 0 Å². The fourth-order valence-corrected chi connectivity index (χ4v) is 3.54. The quantitative estimate of drug-likeness (QED) is 0.371. The predicted octanol–water partition coefficient (Wildman–Crippen LogP) is 3.93. The van der Waals surface area contributed by atoms with Crippen LogP contribution in [0.1, 0.15) is 23.9 Å². The number of hydrogen-bond acceptors (Lipinski definition) is 3. The Labute approximate surface area is 189 Å². The lowest BCUT2D eigenvalue weighted by atomic mass is 10.1. The Morgan fingerprint density at radius 2 is 1.97 bits per heavy atom. The van der Waals surface area contributed by atoms with Gasteiger partial charge in [0.1, 0.15) is 11.6 Å². The smallest absolute Gasteiger partial charge is 0.191 e. The van der Waals surface area contributed by atoms with Gasteiger partial charge in [0.15, 0.2) is 5.96 Å². The molecule has 3 aromatic rings. The highest BCUT2D eigenvalue weighted by Crippen LogP contribution is 2.22. The zero-order valence-corrected chi connectivity index (χ0v) is 18.9. The van der Waals surface area contributed by atoms with Gasteiger partial charge in [0.05, 0.1) is 7.11 Å². The number of methoxy groups -OCH3 is 1. The largest absolute Gasteiger partial charge is 0.497 e. The summed E-state index contributed by atoms with van der Waals surface area (Å²) >= 11 is 6.34. The number of ether oxygens (including phenoxy) is 1. The van der Waals surface area contributed by atoms with Crippen molar-refractivity contribution in [1.29, 1.82) is 0 Å². The average Bonchev–Trinajstić information content (AvgIpc) is 3.22. The molecule has 1 heterocycles. The van der Waals surface area contributed by atoms with Gasteiger partial charge in [-0.15, -0.1) is 0 Å². The Kier molecular flexibility index (Phi) is 8.79. The van der Waals surface area contributed by atoms with Crippen LogP contribution in [0.3, 0.4) is 0 Å². The Hall–Kier alpha value is -2.99. The van der Waals surface area contributed by atoms with Crippen molar-refractivity contribution < 1.29 is 4.74 Å². The van der Waals surface area contributed by atoms with Crippen LogP contribution < -0.4 is 15.4 Å². The summed E-state index contributed by atoms with van der Waals surface area (Å²) in [6, 6.07) is 16.2. The summed E-state index contributed by atoms with van der Waals surface area (Å²) in [5.74, 6) is 2.60. The van der Waals surface area contributed by atoms with E-state index in [-0.39, 0.29) is 0 Å². The monoisotopic (exact) mass is 439 g/mol. The molecule has 7 heteroatoms. The molecule has 0 saturated heterocycles. The summed E-state index contributed by atoms with van der Waals surface area (Å²) in [5, 5.41) is 7.39. The van der Waals surface area contributed by atoms with E-state index in [1.165, 1.54) is 5.56 Å². The van der Waals surface area contributed by atoms with Crippen LogP contribution in [0.4, 0.5) is 0 Å². The molecular formula is C24H30ClN5O. The minimum atomic E-state index is 0.657. The van der Waals surface area contributed by atoms with E-state index < -0.39 is 0 Å². The fraction of sp³-hybridized carbons (Fsp3) is 0.333. The van der Waals surface area contributed by atoms with Crippen LogP contribution in [-0.2, 0) is 19.4 Å². The third kappa shape index (κ3) is 7.03. The van der Waals surface area contributed by atoms with Gasteiger partial charge in [0, 0.05) is 50.0 Å². The van der Waals surface area contributed by atoms with Crippen LogP contribution >= 0.6 is 11.6 Å². The number of benzene rings is 2. The minimum absolute atomic E-state index is 0.657. The summed E-state index contributed by atoms with van der Waals surface area (Å²) < 4.78 is 7.38. The second-order valence-corrected chi connectivity index (χ2v) is 7.51. The summed E-state index contributed by atoms with van der Waals surface area (Å²) in [4.78, 5) is 9.21. The number of guanidine groups is 1. The average molecular weight is 440 g/mol. The summed E-state index contributed by atoms with van der Waals surface area (Å²) in [6.07, 6.45) is 5.45. The molecule has 0 radical (unpaired) electrons. The molecule has 164 valence electrons. The van der Waals surface area contributed by atoms with Crippen molar-refractivity contribution in [1.82, 2.24) is 20.2 Å². The number of aliphatic imine (C=N–C) groups is 1. The van der Waals surface area contributed by atoms with Gasteiger partial charge >= 0.3 is 0 Å². The van der Waals surface area contributed by atoms with Crippen molar-refractivity contribution in [2.75, 3.05) is 26.7 Å². The molecule has 0 spiro atoms. The van der Waals surface area contributed by atoms with E-state index in [1.54, 1.807) is 7.11 Å². The van der Waals surface area contributed by atoms with E-state index in [2.05, 4.69) is 51.4 Å². The third-order valence-electron chi connectivity index (χ3n) is 4.89. The summed E-state index contributed by atoms with van der Waals surface area (Å²) in [6.45, 7) is 5.08. The first kappa shape index (κ1) is 22.7. The first-order valence-corrected chi connectivity index (χ1v) is 11.0. The van der Waals surface area contributed by atoms with Gasteiger partial charge in [0.2, 0.25) is 0 Å². The molecule has 2 aromatic carbocycles. The van der Waals surface area contributed by atoms with Gasteiger partial charge < -0.3 is 19.9 Å². The molecule has 0 aliphatic rings. The Morgan fingerprint density at radius 1 is 1.13 bits per heavy atom. The number of nitrogens with one attached hydrogen (secondary N) is 2. The van der Waals surface area contributed by atoms with Crippen molar-refractivity contribution in [3.8, 4) is 5.75 Å². The number of rotatable bonds is 10. The first-order valence-electron chi connectivity index (χ1n) is 10.6. The molecule has 2 N–H and O–H groups in total. The van der Waals surface area contributed by atoms with Gasteiger partial charge in [-0.25, -0.2) is 4.98 Å². The van der Waals surface area contributed by atoms with Gasteiger partial charge in [-0.3, -0.25) is 4.99 Å². The molecule has 1 aromatic heterocycles. The predicted molar refractivity (Wildman–Crippen MR) is 127 cm³/mol. The van der Waals surface area contributed by atoms with E-state index in [0.29, 0.717) is 11.6 Å². The SMILES string of the molecule is CCNC(=NCCc1nccn1Cc1ccccc1)NCCc1ccc(OC)cc1Cl. The fourth-order valence-electron chi connectivity index (χ4n) is 3.28. The van der Waals surface area contributed by atoms with Crippen molar-refractivity contribution in [2.45, 2.75) is 26.3 Å². The van der Waals surface area contributed by atoms with E-state index in [0.717, 1.165) is 55.6 Å². The number of imidazole rings is 1. The zero-order valence-electron chi connectivity index (χ0n) is 18.1. The standard InChI is InChI=1S/C24H30ClN5O/c1-3-26-24(28-13-11-20-9-10-21(31-2)17-22(20)25)29-14-12-23-27-15-16-30(23)18-19-7-5-4-6-8-19/h4-10,15-17H,3,11-14,18H2,1-2H3,(H2,26,28,29). The van der Waals surface area contributed by atoms with Gasteiger partial charge in [-0.05, 0) is 36.6 Å². The molecule has 3 rings (SSSR count). The lowest BCUT2D eigenvalue weighted by Gasteiger charge is -2.12. The maximum absolute atomic E-state index is 6.34. The Balaban J connectivity index is 1.51. The summed E-state index contributed by atoms with van der Waals surface area (Å²) in [5.41, 5.74) is 2.34. The van der Waals surface area contributed by atoms with Crippen molar-refractivity contribution in [3.05, 3.63) is 82.9 Å². The van der Waals surface area contributed by atoms with Crippen molar-refractivity contribution in [2.24, 2.45) is 4.99 Å². The van der Waals surface area contributed by atoms with E-state index in [1.807, 2.05) is 36.7 Å². The van der Waals surface area contributed by atoms with Crippen molar-refractivity contribution in [3.63, 3.8) is 0 Å². The Morgan fingerprint density at radius 3 is 2.71 bits per heavy atom. The van der Waals surface area contributed by atoms with Crippen LogP contribution in [-0.4, -0.2) is 42.3 Å². The van der Waals surface area contributed by atoms with Crippen LogP contribution in [0, 0.1) is 0 Å². The van der Waals surface area contributed by atoms with Gasteiger partial charge in [-0.1, -0.05) is 48.0 Å².